The Morgan fingerprint density at radius 2 is 1.68 bits per heavy atom. The molecule has 31 heavy (non-hydrogen) atoms. The molecule has 0 aliphatic carbocycles. The van der Waals surface area contributed by atoms with Gasteiger partial charge < -0.3 is 14.8 Å². The number of carbonyl (C=O) groups excluding carboxylic acids is 2. The zero-order valence-corrected chi connectivity index (χ0v) is 16.7. The molecule has 0 heterocycles. The highest BCUT2D eigenvalue weighted by atomic mass is 19.3. The van der Waals surface area contributed by atoms with Crippen LogP contribution in [-0.4, -0.2) is 25.0 Å². The van der Waals surface area contributed by atoms with Crippen molar-refractivity contribution in [2.24, 2.45) is 0 Å². The number of halogens is 4. The first-order valence-corrected chi connectivity index (χ1v) is 9.30. The van der Waals surface area contributed by atoms with Crippen molar-refractivity contribution in [2.45, 2.75) is 25.9 Å². The quantitative estimate of drug-likeness (QED) is 0.345. The molecule has 1 N–H and O–H groups in total. The average Bonchev–Trinajstić information content (AvgIpc) is 2.67. The van der Waals surface area contributed by atoms with Crippen molar-refractivity contribution in [2.75, 3.05) is 13.2 Å². The first kappa shape index (κ1) is 23.9. The summed E-state index contributed by atoms with van der Waals surface area (Å²) in [5.41, 5.74) is -0.714. The molecule has 0 unspecified atom stereocenters. The lowest BCUT2D eigenvalue weighted by Crippen LogP contribution is -2.26. The summed E-state index contributed by atoms with van der Waals surface area (Å²) in [5, 5.41) is 2.45. The lowest BCUT2D eigenvalue weighted by Gasteiger charge is -2.20. The third-order valence-electron chi connectivity index (χ3n) is 4.15. The number of ether oxygens (including phenoxy) is 2. The Morgan fingerprint density at radius 1 is 1.06 bits per heavy atom. The van der Waals surface area contributed by atoms with E-state index in [2.05, 4.69) is 16.6 Å². The standard InChI is InChI=1S/C22H21F4NO4/c1-3-20(29)30-11-9-15-4-6-17(7-5-15)31-22(25,26)21-18(23)12-16(13-19(21)24)8-10-27-14(2)28/h3-7,12-13H,1,8-11H2,2H3,(H,27,28). The molecule has 0 aliphatic heterocycles. The smallest absolute Gasteiger partial charge is 0.432 e. The van der Waals surface area contributed by atoms with Crippen LogP contribution in [0.4, 0.5) is 17.6 Å². The van der Waals surface area contributed by atoms with Crippen LogP contribution in [0.25, 0.3) is 0 Å². The van der Waals surface area contributed by atoms with Crippen LogP contribution in [0.3, 0.4) is 0 Å². The maximum Gasteiger partial charge on any atom is 0.432 e. The summed E-state index contributed by atoms with van der Waals surface area (Å²) >= 11 is 0. The summed E-state index contributed by atoms with van der Waals surface area (Å²) in [5.74, 6) is -4.11. The van der Waals surface area contributed by atoms with Crippen LogP contribution in [0.5, 0.6) is 5.75 Å². The molecular formula is C22H21F4NO4. The predicted octanol–water partition coefficient (Wildman–Crippen LogP) is 4.04. The van der Waals surface area contributed by atoms with Crippen molar-refractivity contribution < 1.29 is 36.6 Å². The predicted molar refractivity (Wildman–Crippen MR) is 105 cm³/mol. The zero-order valence-electron chi connectivity index (χ0n) is 16.7. The highest BCUT2D eigenvalue weighted by molar-refractivity contribution is 5.81. The van der Waals surface area contributed by atoms with E-state index in [1.165, 1.54) is 31.2 Å². The van der Waals surface area contributed by atoms with E-state index in [4.69, 9.17) is 4.74 Å². The zero-order chi connectivity index (χ0) is 23.0. The molecule has 2 rings (SSSR count). The van der Waals surface area contributed by atoms with Crippen LogP contribution in [0.1, 0.15) is 23.6 Å². The molecule has 0 saturated carbocycles. The van der Waals surface area contributed by atoms with Gasteiger partial charge in [-0.05, 0) is 41.8 Å². The van der Waals surface area contributed by atoms with E-state index in [0.717, 1.165) is 18.2 Å². The van der Waals surface area contributed by atoms with Crippen LogP contribution in [0, 0.1) is 11.6 Å². The first-order chi connectivity index (χ1) is 14.6. The molecular weight excluding hydrogens is 418 g/mol. The van der Waals surface area contributed by atoms with Gasteiger partial charge in [0.2, 0.25) is 5.91 Å². The normalized spacial score (nSPS) is 11.0. The van der Waals surface area contributed by atoms with Gasteiger partial charge in [-0.2, -0.15) is 8.78 Å². The van der Waals surface area contributed by atoms with Crippen LogP contribution in [0.2, 0.25) is 0 Å². The van der Waals surface area contributed by atoms with Crippen LogP contribution < -0.4 is 10.1 Å². The molecule has 0 aromatic heterocycles. The summed E-state index contributed by atoms with van der Waals surface area (Å²) in [7, 11) is 0. The number of amides is 1. The van der Waals surface area contributed by atoms with E-state index in [1.807, 2.05) is 0 Å². The topological polar surface area (TPSA) is 64.6 Å². The molecule has 0 saturated heterocycles. The van der Waals surface area contributed by atoms with Gasteiger partial charge in [0.15, 0.2) is 0 Å². The van der Waals surface area contributed by atoms with Gasteiger partial charge in [-0.15, -0.1) is 0 Å². The van der Waals surface area contributed by atoms with Crippen LogP contribution in [0.15, 0.2) is 49.1 Å². The third-order valence-corrected chi connectivity index (χ3v) is 4.15. The maximum absolute atomic E-state index is 14.5. The molecule has 0 atom stereocenters. The van der Waals surface area contributed by atoms with Gasteiger partial charge in [-0.1, -0.05) is 18.7 Å². The lowest BCUT2D eigenvalue weighted by molar-refractivity contribution is -0.189. The van der Waals surface area contributed by atoms with Gasteiger partial charge in [-0.3, -0.25) is 4.79 Å². The second kappa shape index (κ2) is 10.6. The van der Waals surface area contributed by atoms with Gasteiger partial charge >= 0.3 is 12.1 Å². The fourth-order valence-corrected chi connectivity index (χ4v) is 2.68. The number of nitrogens with one attached hydrogen (secondary N) is 1. The Labute approximate surface area is 176 Å². The van der Waals surface area contributed by atoms with Crippen molar-refractivity contribution in [1.82, 2.24) is 5.32 Å². The number of benzene rings is 2. The molecule has 0 radical (unpaired) electrons. The number of esters is 1. The fourth-order valence-electron chi connectivity index (χ4n) is 2.68. The number of carbonyl (C=O) groups is 2. The summed E-state index contributed by atoms with van der Waals surface area (Å²) in [6, 6.07) is 6.93. The summed E-state index contributed by atoms with van der Waals surface area (Å²) in [6.07, 6.45) is -2.83. The van der Waals surface area contributed by atoms with Gasteiger partial charge in [0.25, 0.3) is 0 Å². The summed E-state index contributed by atoms with van der Waals surface area (Å²) in [4.78, 5) is 21.8. The van der Waals surface area contributed by atoms with Crippen LogP contribution >= 0.6 is 0 Å². The summed E-state index contributed by atoms with van der Waals surface area (Å²) < 4.78 is 66.8. The monoisotopic (exact) mass is 439 g/mol. The van der Waals surface area contributed by atoms with E-state index >= 15 is 0 Å². The molecule has 0 fully saturated rings. The minimum Gasteiger partial charge on any atom is -0.462 e. The second-order valence-electron chi connectivity index (χ2n) is 6.55. The molecule has 0 spiro atoms. The molecule has 1 amide bonds. The van der Waals surface area contributed by atoms with Crippen LogP contribution in [-0.2, 0) is 33.3 Å². The summed E-state index contributed by atoms with van der Waals surface area (Å²) in [6.45, 7) is 4.73. The average molecular weight is 439 g/mol. The number of rotatable bonds is 10. The van der Waals surface area contributed by atoms with E-state index in [1.54, 1.807) is 0 Å². The Morgan fingerprint density at radius 3 is 2.23 bits per heavy atom. The van der Waals surface area contributed by atoms with Crippen molar-refractivity contribution >= 4 is 11.9 Å². The SMILES string of the molecule is C=CC(=O)OCCc1ccc(OC(F)(F)c2c(F)cc(CCNC(C)=O)cc2F)cc1. The first-order valence-electron chi connectivity index (χ1n) is 9.30. The van der Waals surface area contributed by atoms with Crippen molar-refractivity contribution in [3.8, 4) is 5.75 Å². The van der Waals surface area contributed by atoms with Crippen molar-refractivity contribution in [3.05, 3.63) is 77.4 Å². The number of hydrogen-bond acceptors (Lipinski definition) is 4. The largest absolute Gasteiger partial charge is 0.462 e. The highest BCUT2D eigenvalue weighted by Gasteiger charge is 2.41. The Balaban J connectivity index is 2.06. The Bertz CT molecular complexity index is 922. The maximum atomic E-state index is 14.5. The molecule has 5 nitrogen and oxygen atoms in total. The third kappa shape index (κ3) is 7.13. The van der Waals surface area contributed by atoms with E-state index in [-0.39, 0.29) is 36.8 Å². The minimum absolute atomic E-state index is 0.0731. The molecule has 2 aromatic carbocycles. The number of alkyl halides is 2. The van der Waals surface area contributed by atoms with Gasteiger partial charge in [0.1, 0.15) is 22.9 Å². The van der Waals surface area contributed by atoms with E-state index < -0.39 is 29.3 Å². The lowest BCUT2D eigenvalue weighted by atomic mass is 10.1. The Hall–Kier alpha value is -3.36. The molecule has 0 bridgehead atoms. The molecule has 0 aliphatic rings. The molecule has 166 valence electrons. The molecule has 2 aromatic rings. The Kier molecular flexibility index (Phi) is 8.18. The fraction of sp³-hybridized carbons (Fsp3) is 0.273. The van der Waals surface area contributed by atoms with Gasteiger partial charge in [0, 0.05) is 26.0 Å². The van der Waals surface area contributed by atoms with E-state index in [9.17, 15) is 27.2 Å². The van der Waals surface area contributed by atoms with Crippen molar-refractivity contribution in [3.63, 3.8) is 0 Å². The van der Waals surface area contributed by atoms with Gasteiger partial charge in [0.05, 0.1) is 6.61 Å². The molecule has 9 heteroatoms. The van der Waals surface area contributed by atoms with Gasteiger partial charge in [-0.25, -0.2) is 13.6 Å². The minimum atomic E-state index is -4.26. The van der Waals surface area contributed by atoms with E-state index in [0.29, 0.717) is 12.0 Å². The number of hydrogen-bond donors (Lipinski definition) is 1. The van der Waals surface area contributed by atoms with Crippen molar-refractivity contribution in [1.29, 1.82) is 0 Å². The second-order valence-corrected chi connectivity index (χ2v) is 6.55. The highest BCUT2D eigenvalue weighted by Crippen LogP contribution is 2.35.